The van der Waals surface area contributed by atoms with Crippen molar-refractivity contribution in [2.24, 2.45) is 0 Å². The summed E-state index contributed by atoms with van der Waals surface area (Å²) in [6.07, 6.45) is 1.52. The third kappa shape index (κ3) is 3.59. The molecule has 0 radical (unpaired) electrons. The van der Waals surface area contributed by atoms with Gasteiger partial charge >= 0.3 is 5.91 Å². The maximum atomic E-state index is 14.0. The summed E-state index contributed by atoms with van der Waals surface area (Å²) in [6.45, 7) is 0. The molecule has 7 nitrogen and oxygen atoms in total. The van der Waals surface area contributed by atoms with Crippen LogP contribution in [0.15, 0.2) is 66.4 Å². The second-order valence-corrected chi connectivity index (χ2v) is 8.80. The molecule has 1 N–H and O–H groups in total. The highest BCUT2D eigenvalue weighted by Crippen LogP contribution is 2.44. The van der Waals surface area contributed by atoms with Crippen molar-refractivity contribution in [3.8, 4) is 5.75 Å². The average Bonchev–Trinajstić information content (AvgIpc) is 3.37. The minimum absolute atomic E-state index is 0.104. The van der Waals surface area contributed by atoms with Gasteiger partial charge in [-0.05, 0) is 48.5 Å². The van der Waals surface area contributed by atoms with Gasteiger partial charge in [-0.2, -0.15) is 0 Å². The molecule has 2 aromatic carbocycles. The zero-order valence-electron chi connectivity index (χ0n) is 17.5. The summed E-state index contributed by atoms with van der Waals surface area (Å²) in [6, 6.07) is 13.0. The van der Waals surface area contributed by atoms with E-state index in [-0.39, 0.29) is 21.5 Å². The Morgan fingerprint density at radius 1 is 1.18 bits per heavy atom. The highest BCUT2D eigenvalue weighted by atomic mass is 35.5. The van der Waals surface area contributed by atoms with Crippen molar-refractivity contribution < 1.29 is 23.8 Å². The van der Waals surface area contributed by atoms with Crippen LogP contribution in [0.4, 0.5) is 9.52 Å². The van der Waals surface area contributed by atoms with Gasteiger partial charge in [0, 0.05) is 11.8 Å². The lowest BCUT2D eigenvalue weighted by Gasteiger charge is -2.21. The van der Waals surface area contributed by atoms with Crippen LogP contribution in [0, 0.1) is 5.82 Å². The molecule has 3 heterocycles. The maximum absolute atomic E-state index is 14.0. The number of carbonyl (C=O) groups is 2. The predicted octanol–water partition coefficient (Wildman–Crippen LogP) is 5.12. The number of thiazole rings is 1. The van der Waals surface area contributed by atoms with E-state index in [0.717, 1.165) is 11.3 Å². The Kier molecular flexibility index (Phi) is 5.51. The minimum Gasteiger partial charge on any atom is -0.507 e. The van der Waals surface area contributed by atoms with Crippen molar-refractivity contribution >= 4 is 55.7 Å². The van der Waals surface area contributed by atoms with Gasteiger partial charge < -0.3 is 9.84 Å². The number of benzene rings is 2. The molecule has 0 aliphatic carbocycles. The zero-order valence-corrected chi connectivity index (χ0v) is 19.1. The number of hydrogen-bond acceptors (Lipinski definition) is 7. The van der Waals surface area contributed by atoms with E-state index >= 15 is 0 Å². The van der Waals surface area contributed by atoms with E-state index < -0.39 is 23.5 Å². The van der Waals surface area contributed by atoms with Crippen molar-refractivity contribution in [3.63, 3.8) is 0 Å². The topological polar surface area (TPSA) is 92.6 Å². The predicted molar refractivity (Wildman–Crippen MR) is 127 cm³/mol. The number of methoxy groups -OCH3 is 1. The molecule has 0 bridgehead atoms. The summed E-state index contributed by atoms with van der Waals surface area (Å²) < 4.78 is 19.6. The first-order valence-corrected chi connectivity index (χ1v) is 11.2. The Balaban J connectivity index is 1.70. The van der Waals surface area contributed by atoms with Gasteiger partial charge in [0.15, 0.2) is 5.13 Å². The van der Waals surface area contributed by atoms with Gasteiger partial charge in [0.2, 0.25) is 0 Å². The van der Waals surface area contributed by atoms with Gasteiger partial charge in [-0.25, -0.2) is 9.37 Å². The lowest BCUT2D eigenvalue weighted by Crippen LogP contribution is -2.29. The van der Waals surface area contributed by atoms with Crippen LogP contribution in [0.1, 0.15) is 17.3 Å². The molecule has 0 saturated carbocycles. The molecule has 1 fully saturated rings. The smallest absolute Gasteiger partial charge is 0.301 e. The monoisotopic (exact) mass is 495 g/mol. The van der Waals surface area contributed by atoms with Crippen LogP contribution in [-0.2, 0) is 9.59 Å². The fraction of sp³-hybridized carbons (Fsp3) is 0.0833. The number of aromatic nitrogens is 2. The molecule has 170 valence electrons. The molecular weight excluding hydrogens is 481 g/mol. The van der Waals surface area contributed by atoms with Crippen molar-refractivity contribution in [3.05, 3.63) is 88.5 Å². The van der Waals surface area contributed by atoms with Gasteiger partial charge in [-0.15, -0.1) is 0 Å². The molecule has 2 aromatic heterocycles. The van der Waals surface area contributed by atoms with E-state index in [0.29, 0.717) is 27.2 Å². The lowest BCUT2D eigenvalue weighted by molar-refractivity contribution is -0.132. The maximum Gasteiger partial charge on any atom is 0.301 e. The summed E-state index contributed by atoms with van der Waals surface area (Å²) >= 11 is 6.91. The number of hydrogen-bond donors (Lipinski definition) is 1. The molecule has 1 atom stereocenters. The number of halogens is 2. The average molecular weight is 496 g/mol. The number of Topliss-reactive ketones (excluding diaryl/α,β-unsaturated/α-hetero) is 1. The van der Waals surface area contributed by atoms with Crippen molar-refractivity contribution in [2.75, 3.05) is 12.0 Å². The van der Waals surface area contributed by atoms with Crippen LogP contribution in [0.3, 0.4) is 0 Å². The summed E-state index contributed by atoms with van der Waals surface area (Å²) in [5, 5.41) is 11.2. The fourth-order valence-corrected chi connectivity index (χ4v) is 4.92. The van der Waals surface area contributed by atoms with Crippen molar-refractivity contribution in [1.29, 1.82) is 0 Å². The third-order valence-electron chi connectivity index (χ3n) is 5.40. The first-order chi connectivity index (χ1) is 16.4. The molecule has 0 spiro atoms. The first-order valence-electron chi connectivity index (χ1n) is 10.0. The number of aliphatic hydroxyl groups excluding tert-OH is 1. The van der Waals surface area contributed by atoms with Crippen LogP contribution in [0.2, 0.25) is 5.02 Å². The lowest BCUT2D eigenvalue weighted by atomic mass is 9.98. The van der Waals surface area contributed by atoms with E-state index in [4.69, 9.17) is 16.3 Å². The number of carbonyl (C=O) groups excluding carboxylic acids is 2. The zero-order chi connectivity index (χ0) is 24.0. The number of pyridine rings is 1. The number of fused-ring (bicyclic) bond motifs is 1. The van der Waals surface area contributed by atoms with Crippen LogP contribution in [-0.4, -0.2) is 33.9 Å². The van der Waals surface area contributed by atoms with Crippen LogP contribution in [0.25, 0.3) is 16.0 Å². The van der Waals surface area contributed by atoms with Gasteiger partial charge in [0.25, 0.3) is 5.78 Å². The Labute approximate surface area is 201 Å². The minimum atomic E-state index is -1.04. The molecule has 1 amide bonds. The van der Waals surface area contributed by atoms with E-state index in [1.54, 1.807) is 42.5 Å². The SMILES string of the molecule is COc1ccc(/C(O)=C2\C(=O)C(=O)N(c3nc4cc(Cl)c(F)cc4s3)C2c2ccccn2)cc1. The highest BCUT2D eigenvalue weighted by Gasteiger charge is 2.48. The number of rotatable bonds is 4. The second kappa shape index (κ2) is 8.51. The number of anilines is 1. The molecule has 5 rings (SSSR count). The first kappa shape index (κ1) is 22.0. The number of ether oxygens (including phenoxy) is 1. The van der Waals surface area contributed by atoms with E-state index in [9.17, 15) is 19.1 Å². The van der Waals surface area contributed by atoms with Gasteiger partial charge in [0.1, 0.15) is 23.4 Å². The molecule has 1 unspecified atom stereocenters. The standard InChI is InChI=1S/C24H15ClFN3O4S/c1-33-13-7-5-12(6-8-13)21(30)19-20(16-4-2-3-9-27-16)29(23(32)22(19)31)24-28-17-10-14(25)15(26)11-18(17)34-24/h2-11,20,30H,1H3/b21-19+. The molecule has 4 aromatic rings. The highest BCUT2D eigenvalue weighted by molar-refractivity contribution is 7.22. The number of aliphatic hydroxyl groups is 1. The Morgan fingerprint density at radius 3 is 2.62 bits per heavy atom. The number of nitrogens with zero attached hydrogens (tertiary/aromatic N) is 3. The van der Waals surface area contributed by atoms with Gasteiger partial charge in [0.05, 0.1) is 33.6 Å². The van der Waals surface area contributed by atoms with Crippen LogP contribution >= 0.6 is 22.9 Å². The molecule has 1 saturated heterocycles. The summed E-state index contributed by atoms with van der Waals surface area (Å²) in [5.74, 6) is -2.16. The van der Waals surface area contributed by atoms with Crippen molar-refractivity contribution in [1.82, 2.24) is 9.97 Å². The fourth-order valence-electron chi connectivity index (χ4n) is 3.77. The van der Waals surface area contributed by atoms with Gasteiger partial charge in [-0.1, -0.05) is 29.0 Å². The van der Waals surface area contributed by atoms with Crippen LogP contribution < -0.4 is 9.64 Å². The van der Waals surface area contributed by atoms with E-state index in [1.807, 2.05) is 0 Å². The molecule has 1 aliphatic heterocycles. The van der Waals surface area contributed by atoms with E-state index in [1.165, 1.54) is 30.3 Å². The summed E-state index contributed by atoms with van der Waals surface area (Å²) in [5.41, 5.74) is 0.943. The third-order valence-corrected chi connectivity index (χ3v) is 6.71. The molecule has 34 heavy (non-hydrogen) atoms. The summed E-state index contributed by atoms with van der Waals surface area (Å²) in [7, 11) is 1.51. The quantitative estimate of drug-likeness (QED) is 0.240. The van der Waals surface area contributed by atoms with Crippen molar-refractivity contribution in [2.45, 2.75) is 6.04 Å². The second-order valence-electron chi connectivity index (χ2n) is 7.38. The van der Waals surface area contributed by atoms with Crippen LogP contribution in [0.5, 0.6) is 5.75 Å². The van der Waals surface area contributed by atoms with Gasteiger partial charge in [-0.3, -0.25) is 19.5 Å². The summed E-state index contributed by atoms with van der Waals surface area (Å²) in [4.78, 5) is 36.3. The van der Waals surface area contributed by atoms with E-state index in [2.05, 4.69) is 9.97 Å². The Hall–Kier alpha value is -3.82. The number of ketones is 1. The largest absolute Gasteiger partial charge is 0.507 e. The molecular formula is C24H15ClFN3O4S. The number of amides is 1. The normalized spacial score (nSPS) is 17.5. The Morgan fingerprint density at radius 2 is 1.94 bits per heavy atom. The molecule has 1 aliphatic rings. The molecule has 10 heteroatoms. The Bertz CT molecular complexity index is 1430.